The molecule has 0 radical (unpaired) electrons. The first kappa shape index (κ1) is 19.1. The molecule has 25 heavy (non-hydrogen) atoms. The Balaban J connectivity index is 1.57. The van der Waals surface area contributed by atoms with Gasteiger partial charge in [-0.1, -0.05) is 17.7 Å². The van der Waals surface area contributed by atoms with Crippen molar-refractivity contribution in [2.75, 3.05) is 19.6 Å². The summed E-state index contributed by atoms with van der Waals surface area (Å²) >= 11 is 6.00. The molecule has 0 unspecified atom stereocenters. The minimum Gasteiger partial charge on any atom is -0.212 e. The van der Waals surface area contributed by atoms with E-state index in [4.69, 9.17) is 11.6 Å². The van der Waals surface area contributed by atoms with Gasteiger partial charge in [-0.25, -0.2) is 25.9 Å². The number of benzene rings is 1. The lowest BCUT2D eigenvalue weighted by Crippen LogP contribution is -2.42. The Bertz CT molecular complexity index is 843. The van der Waals surface area contributed by atoms with Crippen LogP contribution in [0.3, 0.4) is 0 Å². The zero-order valence-corrected chi connectivity index (χ0v) is 16.5. The van der Waals surface area contributed by atoms with Gasteiger partial charge in [0.05, 0.1) is 10.1 Å². The van der Waals surface area contributed by atoms with Crippen LogP contribution < -0.4 is 4.72 Å². The monoisotopic (exact) mass is 406 g/mol. The third kappa shape index (κ3) is 4.19. The topological polar surface area (TPSA) is 83.6 Å². The molecule has 0 spiro atoms. The second-order valence-corrected chi connectivity index (χ2v) is 11.2. The minimum absolute atomic E-state index is 0.139. The number of hydrogen-bond donors (Lipinski definition) is 1. The summed E-state index contributed by atoms with van der Waals surface area (Å²) in [6.07, 6.45) is 2.87. The van der Waals surface area contributed by atoms with E-state index in [2.05, 4.69) is 4.72 Å². The summed E-state index contributed by atoms with van der Waals surface area (Å²) in [5.74, 6) is 0.139. The van der Waals surface area contributed by atoms with Crippen LogP contribution in [0.25, 0.3) is 0 Å². The lowest BCUT2D eigenvalue weighted by Gasteiger charge is -2.31. The van der Waals surface area contributed by atoms with E-state index in [1.807, 2.05) is 0 Å². The van der Waals surface area contributed by atoms with Crippen molar-refractivity contribution >= 4 is 31.6 Å². The van der Waals surface area contributed by atoms with Gasteiger partial charge in [0.25, 0.3) is 0 Å². The van der Waals surface area contributed by atoms with Gasteiger partial charge >= 0.3 is 0 Å². The number of sulfonamides is 2. The van der Waals surface area contributed by atoms with Crippen molar-refractivity contribution in [3.8, 4) is 0 Å². The van der Waals surface area contributed by atoms with E-state index >= 15 is 0 Å². The summed E-state index contributed by atoms with van der Waals surface area (Å²) in [5.41, 5.74) is 0.530. The molecule has 1 heterocycles. The Kier molecular flexibility index (Phi) is 5.46. The molecule has 1 aliphatic carbocycles. The Morgan fingerprint density at radius 3 is 2.36 bits per heavy atom. The molecule has 1 saturated carbocycles. The number of nitrogens with one attached hydrogen (secondary N) is 1. The van der Waals surface area contributed by atoms with Crippen LogP contribution >= 0.6 is 11.6 Å². The second-order valence-electron chi connectivity index (χ2n) is 6.80. The molecule has 2 fully saturated rings. The van der Waals surface area contributed by atoms with E-state index in [-0.39, 0.29) is 16.1 Å². The molecular formula is C16H23ClN2O4S2. The van der Waals surface area contributed by atoms with Gasteiger partial charge in [0.15, 0.2) is 0 Å². The summed E-state index contributed by atoms with van der Waals surface area (Å²) in [6.45, 7) is 2.94. The normalized spacial score (nSPS) is 20.7. The highest BCUT2D eigenvalue weighted by Crippen LogP contribution is 2.33. The van der Waals surface area contributed by atoms with Gasteiger partial charge in [0.2, 0.25) is 20.0 Å². The third-order valence-corrected chi connectivity index (χ3v) is 9.32. The van der Waals surface area contributed by atoms with Gasteiger partial charge in [-0.3, -0.25) is 0 Å². The van der Waals surface area contributed by atoms with Gasteiger partial charge in [-0.05, 0) is 56.2 Å². The van der Waals surface area contributed by atoms with Crippen LogP contribution in [0.1, 0.15) is 31.2 Å². The van der Waals surface area contributed by atoms with E-state index in [1.165, 1.54) is 6.07 Å². The zero-order valence-electron chi connectivity index (χ0n) is 14.1. The third-order valence-electron chi connectivity index (χ3n) is 4.95. The standard InChI is InChI=1S/C16H23ClN2O4S2/c1-12-15(17)3-2-4-16(12)24(20,21)18-11-13-7-9-19(10-8-13)25(22,23)14-5-6-14/h2-4,13-14,18H,5-11H2,1H3. The van der Waals surface area contributed by atoms with Crippen molar-refractivity contribution in [3.05, 3.63) is 28.8 Å². The first-order valence-corrected chi connectivity index (χ1v) is 11.8. The fraction of sp³-hybridized carbons (Fsp3) is 0.625. The van der Waals surface area contributed by atoms with Gasteiger partial charge in [0.1, 0.15) is 0 Å². The predicted octanol–water partition coefficient (Wildman–Crippen LogP) is 2.13. The molecule has 1 N–H and O–H groups in total. The lowest BCUT2D eigenvalue weighted by atomic mass is 9.99. The van der Waals surface area contributed by atoms with Crippen molar-refractivity contribution < 1.29 is 16.8 Å². The van der Waals surface area contributed by atoms with E-state index < -0.39 is 20.0 Å². The molecule has 0 amide bonds. The van der Waals surface area contributed by atoms with Crippen molar-refractivity contribution in [3.63, 3.8) is 0 Å². The van der Waals surface area contributed by atoms with Crippen molar-refractivity contribution in [1.29, 1.82) is 0 Å². The second kappa shape index (κ2) is 7.15. The van der Waals surface area contributed by atoms with Gasteiger partial charge in [-0.2, -0.15) is 0 Å². The van der Waals surface area contributed by atoms with Crippen LogP contribution in [0.15, 0.2) is 23.1 Å². The van der Waals surface area contributed by atoms with Crippen molar-refractivity contribution in [1.82, 2.24) is 9.03 Å². The molecule has 0 bridgehead atoms. The number of piperidine rings is 1. The summed E-state index contributed by atoms with van der Waals surface area (Å²) in [5, 5.41) is 0.231. The van der Waals surface area contributed by atoms with Crippen molar-refractivity contribution in [2.24, 2.45) is 5.92 Å². The van der Waals surface area contributed by atoms with Crippen LogP contribution in [0.4, 0.5) is 0 Å². The van der Waals surface area contributed by atoms with Gasteiger partial charge < -0.3 is 0 Å². The first-order chi connectivity index (χ1) is 11.7. The van der Waals surface area contributed by atoms with Crippen molar-refractivity contribution in [2.45, 2.75) is 42.8 Å². The molecule has 1 aliphatic heterocycles. The molecule has 140 valence electrons. The molecule has 1 aromatic rings. The van der Waals surface area contributed by atoms with Gasteiger partial charge in [0, 0.05) is 24.7 Å². The molecule has 0 atom stereocenters. The Labute approximate surface area is 154 Å². The lowest BCUT2D eigenvalue weighted by molar-refractivity contribution is 0.274. The summed E-state index contributed by atoms with van der Waals surface area (Å²) in [6, 6.07) is 4.81. The maximum Gasteiger partial charge on any atom is 0.240 e. The minimum atomic E-state index is -3.62. The van der Waals surface area contributed by atoms with E-state index in [9.17, 15) is 16.8 Å². The van der Waals surface area contributed by atoms with E-state index in [0.717, 1.165) is 12.8 Å². The molecule has 1 aromatic carbocycles. The average Bonchev–Trinajstić information content (AvgIpc) is 3.41. The van der Waals surface area contributed by atoms with E-state index in [1.54, 1.807) is 23.4 Å². The molecule has 3 rings (SSSR count). The number of nitrogens with zero attached hydrogens (tertiary/aromatic N) is 1. The quantitative estimate of drug-likeness (QED) is 0.784. The average molecular weight is 407 g/mol. The highest BCUT2D eigenvalue weighted by Gasteiger charge is 2.41. The maximum atomic E-state index is 12.5. The zero-order chi connectivity index (χ0) is 18.2. The van der Waals surface area contributed by atoms with Crippen LogP contribution in [0.2, 0.25) is 5.02 Å². The van der Waals surface area contributed by atoms with Crippen LogP contribution in [-0.2, 0) is 20.0 Å². The molecule has 9 heteroatoms. The molecule has 6 nitrogen and oxygen atoms in total. The maximum absolute atomic E-state index is 12.5. The summed E-state index contributed by atoms with van der Waals surface area (Å²) in [7, 11) is -6.75. The fourth-order valence-corrected chi connectivity index (χ4v) is 6.61. The van der Waals surface area contributed by atoms with Crippen LogP contribution in [0.5, 0.6) is 0 Å². The number of hydrogen-bond acceptors (Lipinski definition) is 4. The number of rotatable bonds is 6. The largest absolute Gasteiger partial charge is 0.240 e. The Morgan fingerprint density at radius 2 is 1.76 bits per heavy atom. The molecule has 1 saturated heterocycles. The first-order valence-electron chi connectivity index (χ1n) is 8.45. The summed E-state index contributed by atoms with van der Waals surface area (Å²) in [4.78, 5) is 0.189. The highest BCUT2D eigenvalue weighted by molar-refractivity contribution is 7.90. The summed E-state index contributed by atoms with van der Waals surface area (Å²) < 4.78 is 53.7. The molecular weight excluding hydrogens is 384 g/mol. The van der Waals surface area contributed by atoms with Crippen LogP contribution in [0, 0.1) is 12.8 Å². The smallest absolute Gasteiger partial charge is 0.212 e. The molecule has 2 aliphatic rings. The highest BCUT2D eigenvalue weighted by atomic mass is 35.5. The van der Waals surface area contributed by atoms with E-state index in [0.29, 0.717) is 43.1 Å². The SMILES string of the molecule is Cc1c(Cl)cccc1S(=O)(=O)NCC1CCN(S(=O)(=O)C2CC2)CC1. The van der Waals surface area contributed by atoms with Gasteiger partial charge in [-0.15, -0.1) is 0 Å². The Hall–Kier alpha value is -0.670. The number of halogens is 1. The Morgan fingerprint density at radius 1 is 1.12 bits per heavy atom. The predicted molar refractivity (Wildman–Crippen MR) is 97.6 cm³/mol. The van der Waals surface area contributed by atoms with Crippen LogP contribution in [-0.4, -0.2) is 46.0 Å². The fourth-order valence-electron chi connectivity index (χ4n) is 3.13. The molecule has 0 aromatic heterocycles.